The summed E-state index contributed by atoms with van der Waals surface area (Å²) in [6.07, 6.45) is 13.6. The first-order valence-electron chi connectivity index (χ1n) is 8.50. The lowest BCUT2D eigenvalue weighted by Gasteiger charge is -2.05. The third kappa shape index (κ3) is 27.2. The summed E-state index contributed by atoms with van der Waals surface area (Å²) in [5, 5.41) is 0. The Balaban J connectivity index is 0. The van der Waals surface area contributed by atoms with Gasteiger partial charge in [0.05, 0.1) is 0 Å². The lowest BCUT2D eigenvalue weighted by Crippen LogP contribution is -2.16. The van der Waals surface area contributed by atoms with Crippen LogP contribution in [0.4, 0.5) is 0 Å². The fourth-order valence-corrected chi connectivity index (χ4v) is 2.20. The highest BCUT2D eigenvalue weighted by molar-refractivity contribution is 4.54. The molecule has 0 fully saturated rings. The Bertz CT molecular complexity index is 128. The van der Waals surface area contributed by atoms with Crippen molar-refractivity contribution in [2.75, 3.05) is 6.54 Å². The molecule has 19 heavy (non-hydrogen) atoms. The van der Waals surface area contributed by atoms with E-state index >= 15 is 0 Å². The Kier molecular flexibility index (Phi) is 20.0. The summed E-state index contributed by atoms with van der Waals surface area (Å²) in [4.78, 5) is 0. The van der Waals surface area contributed by atoms with Gasteiger partial charge in [-0.2, -0.15) is 0 Å². The van der Waals surface area contributed by atoms with Crippen molar-refractivity contribution in [3.63, 3.8) is 0 Å². The third-order valence-corrected chi connectivity index (χ3v) is 3.15. The molecule has 0 aliphatic rings. The van der Waals surface area contributed by atoms with Crippen LogP contribution in [0, 0.1) is 5.92 Å². The largest absolute Gasteiger partial charge is 0.330 e. The highest BCUT2D eigenvalue weighted by atomic mass is 14.6. The topological polar surface area (TPSA) is 52.0 Å². The van der Waals surface area contributed by atoms with Crippen LogP contribution in [0.25, 0.3) is 0 Å². The van der Waals surface area contributed by atoms with Crippen LogP contribution >= 0.6 is 0 Å². The summed E-state index contributed by atoms with van der Waals surface area (Å²) in [6, 6.07) is 0.375. The van der Waals surface area contributed by atoms with Crippen molar-refractivity contribution < 1.29 is 0 Å². The minimum Gasteiger partial charge on any atom is -0.330 e. The van der Waals surface area contributed by atoms with Crippen molar-refractivity contribution in [1.82, 2.24) is 0 Å². The Hall–Kier alpha value is -0.0800. The first-order valence-corrected chi connectivity index (χ1v) is 8.50. The van der Waals surface area contributed by atoms with E-state index < -0.39 is 0 Å². The molecule has 0 amide bonds. The van der Waals surface area contributed by atoms with Gasteiger partial charge in [-0.3, -0.25) is 0 Å². The van der Waals surface area contributed by atoms with E-state index in [1.807, 2.05) is 6.92 Å². The zero-order valence-electron chi connectivity index (χ0n) is 14.1. The molecule has 0 radical (unpaired) electrons. The standard InChI is InChI=1S/C11H25N.C6H15N/c1-2-3-4-5-6-7-8-9-10-11-12;1-5(2)4-6(3)7/h2-12H2,1H3;5-6H,4,7H2,1-3H3. The monoisotopic (exact) mass is 272 g/mol. The van der Waals surface area contributed by atoms with Crippen molar-refractivity contribution in [1.29, 1.82) is 0 Å². The molecule has 1 atom stereocenters. The summed E-state index contributed by atoms with van der Waals surface area (Å²) in [7, 11) is 0. The van der Waals surface area contributed by atoms with E-state index in [9.17, 15) is 0 Å². The average molecular weight is 273 g/mol. The molecule has 0 heterocycles. The van der Waals surface area contributed by atoms with Crippen molar-refractivity contribution in [2.45, 2.75) is 97.9 Å². The normalized spacial score (nSPS) is 12.2. The second kappa shape index (κ2) is 17.9. The Morgan fingerprint density at radius 3 is 1.42 bits per heavy atom. The van der Waals surface area contributed by atoms with Gasteiger partial charge in [-0.05, 0) is 32.2 Å². The van der Waals surface area contributed by atoms with Gasteiger partial charge < -0.3 is 11.5 Å². The van der Waals surface area contributed by atoms with Gasteiger partial charge >= 0.3 is 0 Å². The van der Waals surface area contributed by atoms with Crippen LogP contribution in [0.2, 0.25) is 0 Å². The first kappa shape index (κ1) is 21.2. The third-order valence-electron chi connectivity index (χ3n) is 3.15. The van der Waals surface area contributed by atoms with Crippen LogP contribution in [-0.4, -0.2) is 12.6 Å². The maximum Gasteiger partial charge on any atom is 0.00129 e. The van der Waals surface area contributed by atoms with Gasteiger partial charge in [0.25, 0.3) is 0 Å². The SMILES string of the molecule is CC(C)CC(C)N.CCCCCCCCCCCN. The molecule has 0 bridgehead atoms. The molecule has 4 N–H and O–H groups in total. The second-order valence-corrected chi connectivity index (χ2v) is 6.22. The molecular weight excluding hydrogens is 232 g/mol. The predicted molar refractivity (Wildman–Crippen MR) is 89.4 cm³/mol. The van der Waals surface area contributed by atoms with Gasteiger partial charge in [0.1, 0.15) is 0 Å². The molecule has 0 aliphatic heterocycles. The average Bonchev–Trinajstić information content (AvgIpc) is 2.32. The highest BCUT2D eigenvalue weighted by Crippen LogP contribution is 2.08. The molecule has 0 aliphatic carbocycles. The van der Waals surface area contributed by atoms with Gasteiger partial charge in [0.2, 0.25) is 0 Å². The van der Waals surface area contributed by atoms with E-state index in [1.165, 1.54) is 57.8 Å². The Morgan fingerprint density at radius 2 is 1.16 bits per heavy atom. The first-order chi connectivity index (χ1) is 9.04. The predicted octanol–water partition coefficient (Wildman–Crippen LogP) is 4.86. The summed E-state index contributed by atoms with van der Waals surface area (Å²) < 4.78 is 0. The van der Waals surface area contributed by atoms with Crippen LogP contribution in [0.5, 0.6) is 0 Å². The summed E-state index contributed by atoms with van der Waals surface area (Å²) in [5.41, 5.74) is 10.9. The van der Waals surface area contributed by atoms with E-state index in [0.717, 1.165) is 18.9 Å². The lowest BCUT2D eigenvalue weighted by molar-refractivity contribution is 0.520. The second-order valence-electron chi connectivity index (χ2n) is 6.22. The molecule has 0 aromatic rings. The molecule has 0 aromatic heterocycles. The van der Waals surface area contributed by atoms with Crippen LogP contribution in [0.15, 0.2) is 0 Å². The lowest BCUT2D eigenvalue weighted by atomic mass is 10.1. The summed E-state index contributed by atoms with van der Waals surface area (Å²) in [6.45, 7) is 9.55. The molecule has 0 aromatic carbocycles. The highest BCUT2D eigenvalue weighted by Gasteiger charge is 1.95. The fourth-order valence-electron chi connectivity index (χ4n) is 2.20. The molecule has 118 valence electrons. The molecule has 0 rings (SSSR count). The summed E-state index contributed by atoms with van der Waals surface area (Å²) >= 11 is 0. The van der Waals surface area contributed by atoms with Crippen LogP contribution in [0.3, 0.4) is 0 Å². The number of unbranched alkanes of at least 4 members (excludes halogenated alkanes) is 8. The minimum atomic E-state index is 0.375. The Labute approximate surface area is 122 Å². The van der Waals surface area contributed by atoms with Crippen molar-refractivity contribution >= 4 is 0 Å². The van der Waals surface area contributed by atoms with E-state index in [1.54, 1.807) is 0 Å². The summed E-state index contributed by atoms with van der Waals surface area (Å²) in [5.74, 6) is 0.750. The maximum atomic E-state index is 5.49. The van der Waals surface area contributed by atoms with E-state index in [2.05, 4.69) is 20.8 Å². The molecule has 1 unspecified atom stereocenters. The van der Waals surface area contributed by atoms with Crippen LogP contribution in [-0.2, 0) is 0 Å². The molecular formula is C17H40N2. The zero-order chi connectivity index (χ0) is 14.9. The van der Waals surface area contributed by atoms with Gasteiger partial charge in [-0.1, -0.05) is 72.1 Å². The molecule has 0 saturated carbocycles. The Morgan fingerprint density at radius 1 is 0.737 bits per heavy atom. The zero-order valence-corrected chi connectivity index (χ0v) is 14.1. The number of hydrogen-bond donors (Lipinski definition) is 2. The van der Waals surface area contributed by atoms with Gasteiger partial charge in [0, 0.05) is 6.04 Å². The van der Waals surface area contributed by atoms with E-state index in [4.69, 9.17) is 11.5 Å². The van der Waals surface area contributed by atoms with Crippen molar-refractivity contribution in [3.05, 3.63) is 0 Å². The smallest absolute Gasteiger partial charge is 0.00129 e. The van der Waals surface area contributed by atoms with Crippen LogP contribution in [0.1, 0.15) is 91.9 Å². The quantitative estimate of drug-likeness (QED) is 0.528. The number of nitrogens with two attached hydrogens (primary N) is 2. The van der Waals surface area contributed by atoms with Gasteiger partial charge in [0.15, 0.2) is 0 Å². The van der Waals surface area contributed by atoms with Gasteiger partial charge in [-0.25, -0.2) is 0 Å². The van der Waals surface area contributed by atoms with Crippen LogP contribution < -0.4 is 11.5 Å². The number of hydrogen-bond acceptors (Lipinski definition) is 2. The van der Waals surface area contributed by atoms with Crippen molar-refractivity contribution in [2.24, 2.45) is 17.4 Å². The van der Waals surface area contributed by atoms with E-state index in [-0.39, 0.29) is 0 Å². The molecule has 0 spiro atoms. The molecule has 2 heteroatoms. The fraction of sp³-hybridized carbons (Fsp3) is 1.00. The van der Waals surface area contributed by atoms with Gasteiger partial charge in [-0.15, -0.1) is 0 Å². The minimum absolute atomic E-state index is 0.375. The van der Waals surface area contributed by atoms with E-state index in [0.29, 0.717) is 6.04 Å². The molecule has 2 nitrogen and oxygen atoms in total. The van der Waals surface area contributed by atoms with Crippen molar-refractivity contribution in [3.8, 4) is 0 Å². The molecule has 0 saturated heterocycles. The maximum absolute atomic E-state index is 5.49. The number of rotatable bonds is 11.